The van der Waals surface area contributed by atoms with E-state index in [1.165, 1.54) is 0 Å². The minimum Gasteiger partial charge on any atom is -0.369 e. The van der Waals surface area contributed by atoms with E-state index in [-0.39, 0.29) is 12.3 Å². The molecule has 0 aliphatic heterocycles. The summed E-state index contributed by atoms with van der Waals surface area (Å²) in [5, 5.41) is 0.692. The molecule has 2 rings (SSSR count). The quantitative estimate of drug-likeness (QED) is 0.889. The Morgan fingerprint density at radius 2 is 2.05 bits per heavy atom. The van der Waals surface area contributed by atoms with Crippen LogP contribution in [0.2, 0.25) is 5.02 Å². The lowest BCUT2D eigenvalue weighted by molar-refractivity contribution is -0.117. The molecule has 2 N–H and O–H groups in total. The first-order valence-electron chi connectivity index (χ1n) is 6.70. The van der Waals surface area contributed by atoms with Crippen molar-refractivity contribution in [3.05, 3.63) is 41.2 Å². The molecule has 0 fully saturated rings. The van der Waals surface area contributed by atoms with Crippen molar-refractivity contribution in [3.63, 3.8) is 0 Å². The fourth-order valence-electron chi connectivity index (χ4n) is 2.06. The second-order valence-corrected chi connectivity index (χ2v) is 5.19. The number of imidazole rings is 1. The zero-order valence-electron chi connectivity index (χ0n) is 11.5. The molecule has 0 saturated heterocycles. The van der Waals surface area contributed by atoms with Gasteiger partial charge in [-0.1, -0.05) is 24.9 Å². The van der Waals surface area contributed by atoms with Crippen LogP contribution in [0, 0.1) is 0 Å². The Kier molecular flexibility index (Phi) is 4.79. The van der Waals surface area contributed by atoms with Crippen molar-refractivity contribution in [3.8, 4) is 11.4 Å². The van der Waals surface area contributed by atoms with E-state index in [0.29, 0.717) is 10.7 Å². The largest absolute Gasteiger partial charge is 0.369 e. The van der Waals surface area contributed by atoms with Crippen LogP contribution in [0.15, 0.2) is 30.5 Å². The van der Waals surface area contributed by atoms with E-state index in [1.807, 2.05) is 30.5 Å². The molecule has 5 heteroatoms. The molecule has 0 saturated carbocycles. The maximum absolute atomic E-state index is 11.0. The van der Waals surface area contributed by atoms with Gasteiger partial charge in [0.1, 0.15) is 5.82 Å². The normalized spacial score (nSPS) is 10.7. The number of amides is 1. The lowest BCUT2D eigenvalue weighted by atomic mass is 10.2. The molecule has 0 unspecified atom stereocenters. The maximum atomic E-state index is 11.0. The predicted molar refractivity (Wildman–Crippen MR) is 80.5 cm³/mol. The summed E-state index contributed by atoms with van der Waals surface area (Å²) in [5.74, 6) is 0.485. The standard InChI is InChI=1S/C15H18ClN3O/c1-2-3-8-19-10-13(9-14(17)20)18-15(19)11-4-6-12(16)7-5-11/h4-7,10H,2-3,8-9H2,1H3,(H2,17,20). The molecule has 1 aromatic heterocycles. The molecule has 0 aliphatic carbocycles. The third-order valence-corrected chi connectivity index (χ3v) is 3.29. The summed E-state index contributed by atoms with van der Waals surface area (Å²) in [5.41, 5.74) is 6.93. The molecule has 4 nitrogen and oxygen atoms in total. The van der Waals surface area contributed by atoms with E-state index >= 15 is 0 Å². The Labute approximate surface area is 123 Å². The number of nitrogens with zero attached hydrogens (tertiary/aromatic N) is 2. The van der Waals surface area contributed by atoms with E-state index in [2.05, 4.69) is 16.5 Å². The molecule has 1 aromatic carbocycles. The van der Waals surface area contributed by atoms with E-state index in [0.717, 1.165) is 30.8 Å². The van der Waals surface area contributed by atoms with Gasteiger partial charge in [0.2, 0.25) is 5.91 Å². The monoisotopic (exact) mass is 291 g/mol. The zero-order valence-corrected chi connectivity index (χ0v) is 12.2. The fraction of sp³-hybridized carbons (Fsp3) is 0.333. The number of hydrogen-bond acceptors (Lipinski definition) is 2. The van der Waals surface area contributed by atoms with Crippen molar-refractivity contribution in [2.75, 3.05) is 0 Å². The summed E-state index contributed by atoms with van der Waals surface area (Å²) in [6, 6.07) is 7.54. The highest BCUT2D eigenvalue weighted by atomic mass is 35.5. The molecule has 20 heavy (non-hydrogen) atoms. The summed E-state index contributed by atoms with van der Waals surface area (Å²) in [4.78, 5) is 15.6. The number of hydrogen-bond donors (Lipinski definition) is 1. The topological polar surface area (TPSA) is 60.9 Å². The van der Waals surface area contributed by atoms with Gasteiger partial charge in [-0.3, -0.25) is 4.79 Å². The van der Waals surface area contributed by atoms with Gasteiger partial charge in [0, 0.05) is 23.3 Å². The number of aryl methyl sites for hydroxylation is 1. The first-order valence-corrected chi connectivity index (χ1v) is 7.08. The second-order valence-electron chi connectivity index (χ2n) is 4.75. The van der Waals surface area contributed by atoms with Gasteiger partial charge in [-0.25, -0.2) is 4.98 Å². The number of benzene rings is 1. The van der Waals surface area contributed by atoms with Crippen LogP contribution >= 0.6 is 11.6 Å². The number of rotatable bonds is 6. The molecular formula is C15H18ClN3O. The summed E-state index contributed by atoms with van der Waals surface area (Å²) >= 11 is 5.91. The minimum atomic E-state index is -0.368. The van der Waals surface area contributed by atoms with Gasteiger partial charge in [-0.2, -0.15) is 0 Å². The Hall–Kier alpha value is -1.81. The highest BCUT2D eigenvalue weighted by molar-refractivity contribution is 6.30. The van der Waals surface area contributed by atoms with Gasteiger partial charge in [0.05, 0.1) is 12.1 Å². The van der Waals surface area contributed by atoms with Gasteiger partial charge < -0.3 is 10.3 Å². The van der Waals surface area contributed by atoms with Crippen molar-refractivity contribution in [1.82, 2.24) is 9.55 Å². The predicted octanol–water partition coefficient (Wildman–Crippen LogP) is 3.03. The van der Waals surface area contributed by atoms with E-state index in [1.54, 1.807) is 0 Å². The van der Waals surface area contributed by atoms with E-state index < -0.39 is 0 Å². The van der Waals surface area contributed by atoms with Gasteiger partial charge >= 0.3 is 0 Å². The highest BCUT2D eigenvalue weighted by Crippen LogP contribution is 2.22. The van der Waals surface area contributed by atoms with Gasteiger partial charge in [-0.15, -0.1) is 0 Å². The summed E-state index contributed by atoms with van der Waals surface area (Å²) in [6.45, 7) is 3.02. The van der Waals surface area contributed by atoms with Crippen LogP contribution in [0.25, 0.3) is 11.4 Å². The lowest BCUT2D eigenvalue weighted by Crippen LogP contribution is -2.13. The van der Waals surface area contributed by atoms with Crippen LogP contribution in [0.5, 0.6) is 0 Å². The van der Waals surface area contributed by atoms with Crippen molar-refractivity contribution < 1.29 is 4.79 Å². The molecule has 0 aliphatic rings. The average molecular weight is 292 g/mol. The van der Waals surface area contributed by atoms with Crippen molar-refractivity contribution in [1.29, 1.82) is 0 Å². The molecule has 0 bridgehead atoms. The Balaban J connectivity index is 2.35. The number of halogens is 1. The van der Waals surface area contributed by atoms with Crippen molar-refractivity contribution >= 4 is 17.5 Å². The van der Waals surface area contributed by atoms with Crippen LogP contribution in [-0.4, -0.2) is 15.5 Å². The van der Waals surface area contributed by atoms with E-state index in [4.69, 9.17) is 17.3 Å². The number of carbonyl (C=O) groups is 1. The second kappa shape index (κ2) is 6.57. The number of unbranched alkanes of at least 4 members (excludes halogenated alkanes) is 1. The molecule has 1 heterocycles. The smallest absolute Gasteiger partial charge is 0.223 e. The molecule has 2 aromatic rings. The Bertz CT molecular complexity index is 590. The highest BCUT2D eigenvalue weighted by Gasteiger charge is 2.11. The summed E-state index contributed by atoms with van der Waals surface area (Å²) < 4.78 is 2.07. The zero-order chi connectivity index (χ0) is 14.5. The summed E-state index contributed by atoms with van der Waals surface area (Å²) in [6.07, 6.45) is 4.24. The van der Waals surface area contributed by atoms with Crippen LogP contribution in [-0.2, 0) is 17.8 Å². The summed E-state index contributed by atoms with van der Waals surface area (Å²) in [7, 11) is 0. The minimum absolute atomic E-state index is 0.166. The van der Waals surface area contributed by atoms with Gasteiger partial charge in [-0.05, 0) is 30.7 Å². The van der Waals surface area contributed by atoms with Crippen LogP contribution in [0.4, 0.5) is 0 Å². The average Bonchev–Trinajstić information content (AvgIpc) is 2.79. The van der Waals surface area contributed by atoms with Gasteiger partial charge in [0.25, 0.3) is 0 Å². The van der Waals surface area contributed by atoms with Crippen LogP contribution in [0.3, 0.4) is 0 Å². The fourth-order valence-corrected chi connectivity index (χ4v) is 2.19. The third-order valence-electron chi connectivity index (χ3n) is 3.04. The first-order chi connectivity index (χ1) is 9.60. The number of primary amides is 1. The van der Waals surface area contributed by atoms with Crippen molar-refractivity contribution in [2.45, 2.75) is 32.7 Å². The maximum Gasteiger partial charge on any atom is 0.223 e. The lowest BCUT2D eigenvalue weighted by Gasteiger charge is -2.06. The Morgan fingerprint density at radius 3 is 2.65 bits per heavy atom. The van der Waals surface area contributed by atoms with E-state index in [9.17, 15) is 4.79 Å². The van der Waals surface area contributed by atoms with Crippen molar-refractivity contribution in [2.24, 2.45) is 5.73 Å². The molecular weight excluding hydrogens is 274 g/mol. The SMILES string of the molecule is CCCCn1cc(CC(N)=O)nc1-c1ccc(Cl)cc1. The first kappa shape index (κ1) is 14.6. The molecule has 0 atom stereocenters. The molecule has 106 valence electrons. The Morgan fingerprint density at radius 1 is 1.35 bits per heavy atom. The van der Waals surface area contributed by atoms with Crippen LogP contribution < -0.4 is 5.73 Å². The molecule has 0 spiro atoms. The van der Waals surface area contributed by atoms with Gasteiger partial charge in [0.15, 0.2) is 0 Å². The number of carbonyl (C=O) groups excluding carboxylic acids is 1. The third kappa shape index (κ3) is 3.61. The molecule has 0 radical (unpaired) electrons. The van der Waals surface area contributed by atoms with Crippen LogP contribution in [0.1, 0.15) is 25.5 Å². The number of aromatic nitrogens is 2. The number of nitrogens with two attached hydrogens (primary N) is 1. The molecule has 1 amide bonds.